The molecule has 6 nitrogen and oxygen atoms in total. The lowest BCUT2D eigenvalue weighted by molar-refractivity contribution is 0.0636. The summed E-state index contributed by atoms with van der Waals surface area (Å²) in [5, 5.41) is 0. The van der Waals surface area contributed by atoms with Crippen LogP contribution in [0.5, 0.6) is 0 Å². The van der Waals surface area contributed by atoms with E-state index in [9.17, 15) is 4.79 Å². The molecular weight excluding hydrogens is 408 g/mol. The fourth-order valence-electron chi connectivity index (χ4n) is 4.07. The predicted molar refractivity (Wildman–Crippen MR) is 108 cm³/mol. The summed E-state index contributed by atoms with van der Waals surface area (Å²) in [4.78, 5) is 24.0. The molecule has 0 aliphatic carbocycles. The van der Waals surface area contributed by atoms with Gasteiger partial charge in [-0.25, -0.2) is 4.98 Å². The van der Waals surface area contributed by atoms with Crippen molar-refractivity contribution in [1.29, 1.82) is 0 Å². The maximum atomic E-state index is 12.7. The van der Waals surface area contributed by atoms with Crippen molar-refractivity contribution in [2.45, 2.75) is 12.8 Å². The zero-order valence-corrected chi connectivity index (χ0v) is 17.0. The van der Waals surface area contributed by atoms with Crippen LogP contribution in [-0.4, -0.2) is 66.5 Å². The molecule has 0 radical (unpaired) electrons. The molecule has 7 heteroatoms. The van der Waals surface area contributed by atoms with Gasteiger partial charge in [0.2, 0.25) is 0 Å². The molecule has 1 atom stereocenters. The highest BCUT2D eigenvalue weighted by Crippen LogP contribution is 2.22. The maximum Gasteiger partial charge on any atom is 0.257 e. The van der Waals surface area contributed by atoms with Crippen molar-refractivity contribution < 1.29 is 9.21 Å². The van der Waals surface area contributed by atoms with Gasteiger partial charge in [-0.15, -0.1) is 0 Å². The number of aromatic nitrogens is 1. The Bertz CT molecular complexity index is 758. The number of carbonyl (C=O) groups excluding carboxylic acids is 1. The second-order valence-electron chi connectivity index (χ2n) is 7.37. The summed E-state index contributed by atoms with van der Waals surface area (Å²) >= 11 is 3.27. The van der Waals surface area contributed by atoms with Gasteiger partial charge in [0.25, 0.3) is 5.91 Å². The molecule has 2 fully saturated rings. The molecule has 144 valence electrons. The van der Waals surface area contributed by atoms with Crippen LogP contribution < -0.4 is 4.90 Å². The minimum atomic E-state index is 0.0779. The summed E-state index contributed by atoms with van der Waals surface area (Å²) in [5.74, 6) is 1.69. The lowest BCUT2D eigenvalue weighted by atomic mass is 9.96. The number of piperazine rings is 1. The van der Waals surface area contributed by atoms with Crippen molar-refractivity contribution >= 4 is 27.7 Å². The molecule has 2 aromatic heterocycles. The Morgan fingerprint density at radius 1 is 1.22 bits per heavy atom. The number of likely N-dealkylation sites (tertiary alicyclic amines) is 1. The van der Waals surface area contributed by atoms with E-state index in [4.69, 9.17) is 4.42 Å². The molecule has 2 aliphatic heterocycles. The first-order valence-electron chi connectivity index (χ1n) is 9.60. The number of carbonyl (C=O) groups is 1. The standard InChI is InChI=1S/C20H25BrN4O2/c21-18-12-17(15-27-18)20(26)25-7-3-4-16(14-25)13-23-8-10-24(11-9-23)19-5-1-2-6-22-19/h1-2,5-6,12,15-16H,3-4,7-11,13-14H2. The van der Waals surface area contributed by atoms with Gasteiger partial charge in [0.15, 0.2) is 4.67 Å². The number of rotatable bonds is 4. The van der Waals surface area contributed by atoms with E-state index in [0.717, 1.165) is 58.1 Å². The number of anilines is 1. The zero-order chi connectivity index (χ0) is 18.6. The lowest BCUT2D eigenvalue weighted by Crippen LogP contribution is -2.50. The van der Waals surface area contributed by atoms with Crippen LogP contribution in [0.1, 0.15) is 23.2 Å². The maximum absolute atomic E-state index is 12.7. The van der Waals surface area contributed by atoms with Gasteiger partial charge in [-0.3, -0.25) is 9.69 Å². The molecule has 0 saturated carbocycles. The first kappa shape index (κ1) is 18.5. The van der Waals surface area contributed by atoms with Crippen LogP contribution in [0.15, 0.2) is 45.8 Å². The minimum absolute atomic E-state index is 0.0779. The molecule has 0 spiro atoms. The molecule has 0 bridgehead atoms. The van der Waals surface area contributed by atoms with Gasteiger partial charge >= 0.3 is 0 Å². The normalized spacial score (nSPS) is 21.4. The Balaban J connectivity index is 1.28. The van der Waals surface area contributed by atoms with Crippen LogP contribution in [-0.2, 0) is 0 Å². The fourth-order valence-corrected chi connectivity index (χ4v) is 4.41. The molecular formula is C20H25BrN4O2. The van der Waals surface area contributed by atoms with E-state index >= 15 is 0 Å². The lowest BCUT2D eigenvalue weighted by Gasteiger charge is -2.39. The summed E-state index contributed by atoms with van der Waals surface area (Å²) in [6, 6.07) is 7.83. The Morgan fingerprint density at radius 3 is 2.78 bits per heavy atom. The molecule has 27 heavy (non-hydrogen) atoms. The second kappa shape index (κ2) is 8.44. The number of amides is 1. The topological polar surface area (TPSA) is 52.8 Å². The Kier molecular flexibility index (Phi) is 5.78. The van der Waals surface area contributed by atoms with Crippen LogP contribution in [0.2, 0.25) is 0 Å². The number of hydrogen-bond acceptors (Lipinski definition) is 5. The van der Waals surface area contributed by atoms with E-state index in [1.165, 1.54) is 12.7 Å². The number of halogens is 1. The average Bonchev–Trinajstić information content (AvgIpc) is 3.15. The van der Waals surface area contributed by atoms with Gasteiger partial charge in [-0.1, -0.05) is 6.07 Å². The van der Waals surface area contributed by atoms with Crippen molar-refractivity contribution in [1.82, 2.24) is 14.8 Å². The van der Waals surface area contributed by atoms with Crippen LogP contribution in [0, 0.1) is 5.92 Å². The first-order valence-corrected chi connectivity index (χ1v) is 10.4. The van der Waals surface area contributed by atoms with E-state index in [-0.39, 0.29) is 5.91 Å². The first-order chi connectivity index (χ1) is 13.2. The number of nitrogens with zero attached hydrogens (tertiary/aromatic N) is 4. The molecule has 1 unspecified atom stereocenters. The number of hydrogen-bond donors (Lipinski definition) is 0. The van der Waals surface area contributed by atoms with Crippen LogP contribution in [0.3, 0.4) is 0 Å². The van der Waals surface area contributed by atoms with Gasteiger partial charge in [0, 0.05) is 58.1 Å². The Hall–Kier alpha value is -1.86. The van der Waals surface area contributed by atoms with Crippen LogP contribution >= 0.6 is 15.9 Å². The van der Waals surface area contributed by atoms with Gasteiger partial charge in [-0.05, 0) is 46.8 Å². The van der Waals surface area contributed by atoms with Crippen molar-refractivity contribution in [2.24, 2.45) is 5.92 Å². The van der Waals surface area contributed by atoms with E-state index in [1.807, 2.05) is 23.2 Å². The Morgan fingerprint density at radius 2 is 2.07 bits per heavy atom. The minimum Gasteiger partial charge on any atom is -0.457 e. The monoisotopic (exact) mass is 432 g/mol. The van der Waals surface area contributed by atoms with E-state index in [1.54, 1.807) is 6.07 Å². The van der Waals surface area contributed by atoms with E-state index in [0.29, 0.717) is 16.2 Å². The summed E-state index contributed by atoms with van der Waals surface area (Å²) < 4.78 is 5.82. The third kappa shape index (κ3) is 4.52. The average molecular weight is 433 g/mol. The highest BCUT2D eigenvalue weighted by molar-refractivity contribution is 9.10. The van der Waals surface area contributed by atoms with Crippen molar-refractivity contribution in [3.05, 3.63) is 47.0 Å². The third-order valence-electron chi connectivity index (χ3n) is 5.48. The van der Waals surface area contributed by atoms with E-state index < -0.39 is 0 Å². The summed E-state index contributed by atoms with van der Waals surface area (Å²) in [6.45, 7) is 6.86. The third-order valence-corrected chi connectivity index (χ3v) is 5.90. The quantitative estimate of drug-likeness (QED) is 0.742. The molecule has 2 aliphatic rings. The fraction of sp³-hybridized carbons (Fsp3) is 0.500. The summed E-state index contributed by atoms with van der Waals surface area (Å²) in [5.41, 5.74) is 0.631. The molecule has 2 aromatic rings. The molecule has 4 rings (SSSR count). The Labute approximate surface area is 168 Å². The molecule has 0 aromatic carbocycles. The summed E-state index contributed by atoms with van der Waals surface area (Å²) in [6.07, 6.45) is 5.66. The smallest absolute Gasteiger partial charge is 0.257 e. The summed E-state index contributed by atoms with van der Waals surface area (Å²) in [7, 11) is 0. The number of piperidine rings is 1. The number of pyridine rings is 1. The van der Waals surface area contributed by atoms with Crippen molar-refractivity contribution in [3.63, 3.8) is 0 Å². The molecule has 1 amide bonds. The predicted octanol–water partition coefficient (Wildman–Crippen LogP) is 3.11. The highest BCUT2D eigenvalue weighted by Gasteiger charge is 2.28. The zero-order valence-electron chi connectivity index (χ0n) is 15.4. The van der Waals surface area contributed by atoms with Crippen LogP contribution in [0.4, 0.5) is 5.82 Å². The van der Waals surface area contributed by atoms with E-state index in [2.05, 4.69) is 36.8 Å². The molecule has 0 N–H and O–H groups in total. The SMILES string of the molecule is O=C(c1coc(Br)c1)N1CCCC(CN2CCN(c3ccccn3)CC2)C1. The van der Waals surface area contributed by atoms with Crippen molar-refractivity contribution in [2.75, 3.05) is 50.7 Å². The second-order valence-corrected chi connectivity index (χ2v) is 8.16. The largest absolute Gasteiger partial charge is 0.457 e. The molecule has 4 heterocycles. The van der Waals surface area contributed by atoms with Crippen molar-refractivity contribution in [3.8, 4) is 0 Å². The van der Waals surface area contributed by atoms with Gasteiger partial charge in [-0.2, -0.15) is 0 Å². The van der Waals surface area contributed by atoms with Gasteiger partial charge in [0.1, 0.15) is 12.1 Å². The van der Waals surface area contributed by atoms with Gasteiger partial charge < -0.3 is 14.2 Å². The molecule has 2 saturated heterocycles. The van der Waals surface area contributed by atoms with Crippen LogP contribution in [0.25, 0.3) is 0 Å². The number of furan rings is 1. The highest BCUT2D eigenvalue weighted by atomic mass is 79.9. The van der Waals surface area contributed by atoms with Gasteiger partial charge in [0.05, 0.1) is 5.56 Å².